The summed E-state index contributed by atoms with van der Waals surface area (Å²) in [6.07, 6.45) is 1.43. The SMILES string of the molecule is COc1ccc(NC(=O)[C@H]2CCCN2C(=O)Nc2ccc(OC)cc2)cc1. The number of nitrogens with one attached hydrogen (secondary N) is 2. The Balaban J connectivity index is 1.62. The molecule has 7 nitrogen and oxygen atoms in total. The molecule has 0 saturated carbocycles. The highest BCUT2D eigenvalue weighted by Crippen LogP contribution is 2.22. The van der Waals surface area contributed by atoms with E-state index >= 15 is 0 Å². The van der Waals surface area contributed by atoms with Gasteiger partial charge in [0.05, 0.1) is 14.2 Å². The van der Waals surface area contributed by atoms with Gasteiger partial charge in [-0.15, -0.1) is 0 Å². The maximum Gasteiger partial charge on any atom is 0.322 e. The van der Waals surface area contributed by atoms with Crippen molar-refractivity contribution >= 4 is 23.3 Å². The summed E-state index contributed by atoms with van der Waals surface area (Å²) < 4.78 is 10.2. The fourth-order valence-electron chi connectivity index (χ4n) is 3.05. The summed E-state index contributed by atoms with van der Waals surface area (Å²) in [7, 11) is 3.18. The lowest BCUT2D eigenvalue weighted by molar-refractivity contribution is -0.119. The first-order valence-corrected chi connectivity index (χ1v) is 8.77. The normalized spacial score (nSPS) is 15.9. The second-order valence-corrected chi connectivity index (χ2v) is 6.23. The summed E-state index contributed by atoms with van der Waals surface area (Å²) in [4.78, 5) is 26.8. The molecule has 1 saturated heterocycles. The summed E-state index contributed by atoms with van der Waals surface area (Å²) in [5.41, 5.74) is 1.32. The Morgan fingerprint density at radius 1 is 0.889 bits per heavy atom. The fourth-order valence-corrected chi connectivity index (χ4v) is 3.05. The minimum Gasteiger partial charge on any atom is -0.497 e. The molecule has 0 bridgehead atoms. The number of anilines is 2. The van der Waals surface area contributed by atoms with E-state index in [-0.39, 0.29) is 11.9 Å². The number of ether oxygens (including phenoxy) is 2. The van der Waals surface area contributed by atoms with Crippen molar-refractivity contribution in [2.24, 2.45) is 0 Å². The van der Waals surface area contributed by atoms with Crippen LogP contribution in [-0.2, 0) is 4.79 Å². The number of methoxy groups -OCH3 is 2. The van der Waals surface area contributed by atoms with Gasteiger partial charge in [-0.3, -0.25) is 4.79 Å². The zero-order valence-electron chi connectivity index (χ0n) is 15.4. The van der Waals surface area contributed by atoms with Gasteiger partial charge in [0.1, 0.15) is 17.5 Å². The summed E-state index contributed by atoms with van der Waals surface area (Å²) in [6.45, 7) is 0.544. The number of benzene rings is 2. The highest BCUT2D eigenvalue weighted by atomic mass is 16.5. The lowest BCUT2D eigenvalue weighted by Gasteiger charge is -2.24. The molecule has 0 aromatic heterocycles. The van der Waals surface area contributed by atoms with Crippen LogP contribution in [0.3, 0.4) is 0 Å². The molecular weight excluding hydrogens is 346 g/mol. The Morgan fingerprint density at radius 2 is 1.41 bits per heavy atom. The standard InChI is InChI=1S/C20H23N3O4/c1-26-16-9-5-14(6-10-16)21-19(24)18-4-3-13-23(18)20(25)22-15-7-11-17(27-2)12-8-15/h5-12,18H,3-4,13H2,1-2H3,(H,21,24)(H,22,25)/t18-/m1/s1. The molecule has 2 N–H and O–H groups in total. The van der Waals surface area contributed by atoms with Crippen molar-refractivity contribution in [1.29, 1.82) is 0 Å². The van der Waals surface area contributed by atoms with Gasteiger partial charge in [0.2, 0.25) is 5.91 Å². The Morgan fingerprint density at radius 3 is 1.93 bits per heavy atom. The Bertz CT molecular complexity index is 722. The van der Waals surface area contributed by atoms with Gasteiger partial charge >= 0.3 is 6.03 Å². The third-order valence-electron chi connectivity index (χ3n) is 4.52. The molecule has 7 heteroatoms. The van der Waals surface area contributed by atoms with Gasteiger partial charge in [-0.25, -0.2) is 4.79 Å². The summed E-state index contributed by atoms with van der Waals surface area (Å²) in [5.74, 6) is 1.24. The first kappa shape index (κ1) is 18.6. The molecule has 142 valence electrons. The molecule has 27 heavy (non-hydrogen) atoms. The molecule has 3 rings (SSSR count). The lowest BCUT2D eigenvalue weighted by Crippen LogP contribution is -2.45. The molecule has 1 fully saturated rings. The van der Waals surface area contributed by atoms with Crippen LogP contribution in [0, 0.1) is 0 Å². The third-order valence-corrected chi connectivity index (χ3v) is 4.52. The predicted molar refractivity (Wildman–Crippen MR) is 103 cm³/mol. The monoisotopic (exact) mass is 369 g/mol. The van der Waals surface area contributed by atoms with Gasteiger partial charge in [0.25, 0.3) is 0 Å². The van der Waals surface area contributed by atoms with Gasteiger partial charge in [0.15, 0.2) is 0 Å². The zero-order valence-corrected chi connectivity index (χ0v) is 15.4. The number of carbonyl (C=O) groups excluding carboxylic acids is 2. The first-order valence-electron chi connectivity index (χ1n) is 8.77. The maximum atomic E-state index is 12.6. The molecule has 0 aliphatic carbocycles. The van der Waals surface area contributed by atoms with Gasteiger partial charge in [-0.2, -0.15) is 0 Å². The molecule has 1 aliphatic heterocycles. The Hall–Kier alpha value is -3.22. The number of rotatable bonds is 5. The minimum absolute atomic E-state index is 0.192. The molecule has 1 aliphatic rings. The van der Waals surface area contributed by atoms with Crippen LogP contribution in [0.15, 0.2) is 48.5 Å². The van der Waals surface area contributed by atoms with Crippen molar-refractivity contribution in [2.75, 3.05) is 31.4 Å². The Kier molecular flexibility index (Phi) is 5.80. The van der Waals surface area contributed by atoms with E-state index in [4.69, 9.17) is 9.47 Å². The summed E-state index contributed by atoms with van der Waals surface area (Å²) >= 11 is 0. The number of carbonyl (C=O) groups is 2. The first-order chi connectivity index (χ1) is 13.1. The van der Waals surface area contributed by atoms with E-state index in [2.05, 4.69) is 10.6 Å². The van der Waals surface area contributed by atoms with Crippen molar-refractivity contribution in [1.82, 2.24) is 4.90 Å². The lowest BCUT2D eigenvalue weighted by atomic mass is 10.2. The van der Waals surface area contributed by atoms with E-state index in [1.54, 1.807) is 67.7 Å². The summed E-state index contributed by atoms with van der Waals surface area (Å²) in [5, 5.41) is 5.70. The van der Waals surface area contributed by atoms with Crippen molar-refractivity contribution < 1.29 is 19.1 Å². The smallest absolute Gasteiger partial charge is 0.322 e. The quantitative estimate of drug-likeness (QED) is 0.847. The van der Waals surface area contributed by atoms with Crippen LogP contribution in [0.25, 0.3) is 0 Å². The largest absolute Gasteiger partial charge is 0.497 e. The predicted octanol–water partition coefficient (Wildman–Crippen LogP) is 3.34. The van der Waals surface area contributed by atoms with E-state index < -0.39 is 6.04 Å². The highest BCUT2D eigenvalue weighted by Gasteiger charge is 2.34. The number of likely N-dealkylation sites (tertiary alicyclic amines) is 1. The van der Waals surface area contributed by atoms with Crippen LogP contribution < -0.4 is 20.1 Å². The topological polar surface area (TPSA) is 79.9 Å². The van der Waals surface area contributed by atoms with E-state index in [0.29, 0.717) is 30.1 Å². The zero-order chi connectivity index (χ0) is 19.2. The third kappa shape index (κ3) is 4.49. The van der Waals surface area contributed by atoms with Gasteiger partial charge in [-0.05, 0) is 61.4 Å². The molecule has 1 heterocycles. The van der Waals surface area contributed by atoms with E-state index in [1.165, 1.54) is 0 Å². The number of nitrogens with zero attached hydrogens (tertiary/aromatic N) is 1. The average Bonchev–Trinajstić information content (AvgIpc) is 3.19. The number of urea groups is 1. The van der Waals surface area contributed by atoms with E-state index in [9.17, 15) is 9.59 Å². The van der Waals surface area contributed by atoms with Crippen molar-refractivity contribution in [3.63, 3.8) is 0 Å². The molecule has 2 aromatic rings. The Labute approximate surface area is 158 Å². The van der Waals surface area contributed by atoms with Crippen LogP contribution in [-0.4, -0.2) is 43.6 Å². The second kappa shape index (κ2) is 8.44. The fraction of sp³-hybridized carbons (Fsp3) is 0.300. The van der Waals surface area contributed by atoms with Gasteiger partial charge in [0, 0.05) is 17.9 Å². The van der Waals surface area contributed by atoms with Crippen LogP contribution in [0.4, 0.5) is 16.2 Å². The van der Waals surface area contributed by atoms with Crippen molar-refractivity contribution in [3.05, 3.63) is 48.5 Å². The van der Waals surface area contributed by atoms with Crippen LogP contribution in [0.5, 0.6) is 11.5 Å². The molecule has 3 amide bonds. The summed E-state index contributed by atoms with van der Waals surface area (Å²) in [6, 6.07) is 13.4. The molecule has 2 aromatic carbocycles. The molecule has 1 atom stereocenters. The molecule has 0 radical (unpaired) electrons. The molecule has 0 unspecified atom stereocenters. The maximum absolute atomic E-state index is 12.6. The van der Waals surface area contributed by atoms with Crippen LogP contribution in [0.2, 0.25) is 0 Å². The number of hydrogen-bond donors (Lipinski definition) is 2. The number of amides is 3. The molecular formula is C20H23N3O4. The number of hydrogen-bond acceptors (Lipinski definition) is 4. The van der Waals surface area contributed by atoms with Crippen molar-refractivity contribution in [3.8, 4) is 11.5 Å². The average molecular weight is 369 g/mol. The molecule has 0 spiro atoms. The minimum atomic E-state index is -0.495. The van der Waals surface area contributed by atoms with Gasteiger partial charge < -0.3 is 25.0 Å². The van der Waals surface area contributed by atoms with Gasteiger partial charge in [-0.1, -0.05) is 0 Å². The van der Waals surface area contributed by atoms with E-state index in [1.807, 2.05) is 0 Å². The second-order valence-electron chi connectivity index (χ2n) is 6.23. The van der Waals surface area contributed by atoms with Crippen molar-refractivity contribution in [2.45, 2.75) is 18.9 Å². The highest BCUT2D eigenvalue weighted by molar-refractivity contribution is 5.99. The van der Waals surface area contributed by atoms with Crippen LogP contribution >= 0.6 is 0 Å². The van der Waals surface area contributed by atoms with E-state index in [0.717, 1.165) is 12.2 Å². The van der Waals surface area contributed by atoms with Crippen LogP contribution in [0.1, 0.15) is 12.8 Å².